The standard InChI is InChI=1S/C22H22FN3O3/c23-18-3-1-2-17(14-18)22(29)26-12-10-25(11-13-26)21(28)16-6-8-19(9-7-16)24-20(27)15-4-5-15/h1-3,6-9,14-15H,4-5,10-13H2,(H,24,27). The highest BCUT2D eigenvalue weighted by Crippen LogP contribution is 2.30. The highest BCUT2D eigenvalue weighted by atomic mass is 19.1. The fraction of sp³-hybridized carbons (Fsp3) is 0.318. The van der Waals surface area contributed by atoms with E-state index in [4.69, 9.17) is 0 Å². The van der Waals surface area contributed by atoms with Crippen LogP contribution in [-0.2, 0) is 4.79 Å². The van der Waals surface area contributed by atoms with Gasteiger partial charge in [0, 0.05) is 48.9 Å². The van der Waals surface area contributed by atoms with E-state index in [1.165, 1.54) is 18.2 Å². The van der Waals surface area contributed by atoms with E-state index in [9.17, 15) is 18.8 Å². The molecule has 2 aliphatic rings. The maximum Gasteiger partial charge on any atom is 0.254 e. The van der Waals surface area contributed by atoms with Crippen LogP contribution in [0.15, 0.2) is 48.5 Å². The van der Waals surface area contributed by atoms with Crippen LogP contribution in [-0.4, -0.2) is 53.7 Å². The summed E-state index contributed by atoms with van der Waals surface area (Å²) in [7, 11) is 0. The molecule has 2 aromatic rings. The van der Waals surface area contributed by atoms with E-state index in [0.717, 1.165) is 12.8 Å². The molecular weight excluding hydrogens is 373 g/mol. The molecule has 1 aliphatic heterocycles. The number of hydrogen-bond donors (Lipinski definition) is 1. The highest BCUT2D eigenvalue weighted by molar-refractivity contribution is 5.97. The molecule has 150 valence electrons. The zero-order chi connectivity index (χ0) is 20.4. The summed E-state index contributed by atoms with van der Waals surface area (Å²) in [5.74, 6) is -0.623. The van der Waals surface area contributed by atoms with Crippen LogP contribution < -0.4 is 5.32 Å². The fourth-order valence-corrected chi connectivity index (χ4v) is 3.39. The average molecular weight is 395 g/mol. The summed E-state index contributed by atoms with van der Waals surface area (Å²) in [5.41, 5.74) is 1.54. The van der Waals surface area contributed by atoms with E-state index in [-0.39, 0.29) is 23.6 Å². The third-order valence-corrected chi connectivity index (χ3v) is 5.27. The lowest BCUT2D eigenvalue weighted by Crippen LogP contribution is -2.50. The largest absolute Gasteiger partial charge is 0.335 e. The number of hydrogen-bond acceptors (Lipinski definition) is 3. The van der Waals surface area contributed by atoms with Gasteiger partial charge in [-0.1, -0.05) is 6.07 Å². The van der Waals surface area contributed by atoms with Gasteiger partial charge in [-0.15, -0.1) is 0 Å². The summed E-state index contributed by atoms with van der Waals surface area (Å²) in [4.78, 5) is 40.4. The first-order valence-electron chi connectivity index (χ1n) is 9.76. The zero-order valence-corrected chi connectivity index (χ0v) is 15.9. The maximum absolute atomic E-state index is 13.3. The van der Waals surface area contributed by atoms with Crippen molar-refractivity contribution in [3.05, 3.63) is 65.5 Å². The minimum absolute atomic E-state index is 0.0307. The van der Waals surface area contributed by atoms with Crippen LogP contribution in [0, 0.1) is 11.7 Å². The second-order valence-electron chi connectivity index (χ2n) is 7.44. The minimum Gasteiger partial charge on any atom is -0.335 e. The van der Waals surface area contributed by atoms with Crippen molar-refractivity contribution in [3.8, 4) is 0 Å². The Balaban J connectivity index is 1.32. The van der Waals surface area contributed by atoms with Crippen molar-refractivity contribution >= 4 is 23.4 Å². The van der Waals surface area contributed by atoms with Gasteiger partial charge in [-0.25, -0.2) is 4.39 Å². The first kappa shape index (κ1) is 19.1. The quantitative estimate of drug-likeness (QED) is 0.866. The Morgan fingerprint density at radius 3 is 1.97 bits per heavy atom. The van der Waals surface area contributed by atoms with Gasteiger partial charge >= 0.3 is 0 Å². The molecule has 7 heteroatoms. The van der Waals surface area contributed by atoms with Crippen LogP contribution in [0.2, 0.25) is 0 Å². The number of rotatable bonds is 4. The molecule has 0 atom stereocenters. The third-order valence-electron chi connectivity index (χ3n) is 5.27. The Hall–Kier alpha value is -3.22. The Bertz CT molecular complexity index is 933. The average Bonchev–Trinajstić information content (AvgIpc) is 3.59. The molecule has 0 unspecified atom stereocenters. The van der Waals surface area contributed by atoms with Crippen LogP contribution in [0.4, 0.5) is 10.1 Å². The Kier molecular flexibility index (Phi) is 5.29. The molecule has 0 bridgehead atoms. The molecular formula is C22H22FN3O3. The van der Waals surface area contributed by atoms with Crippen LogP contribution >= 0.6 is 0 Å². The number of piperazine rings is 1. The SMILES string of the molecule is O=C(Nc1ccc(C(=O)N2CCN(C(=O)c3cccc(F)c3)CC2)cc1)C1CC1. The van der Waals surface area contributed by atoms with Gasteiger partial charge in [0.1, 0.15) is 5.82 Å². The van der Waals surface area contributed by atoms with E-state index in [0.29, 0.717) is 43.0 Å². The van der Waals surface area contributed by atoms with E-state index < -0.39 is 5.82 Å². The number of anilines is 1. The molecule has 0 aromatic heterocycles. The van der Waals surface area contributed by atoms with Crippen molar-refractivity contribution < 1.29 is 18.8 Å². The number of benzene rings is 2. The topological polar surface area (TPSA) is 69.7 Å². The normalized spacial score (nSPS) is 16.4. The van der Waals surface area contributed by atoms with Gasteiger partial charge in [0.25, 0.3) is 11.8 Å². The van der Waals surface area contributed by atoms with Crippen LogP contribution in [0.5, 0.6) is 0 Å². The molecule has 6 nitrogen and oxygen atoms in total. The van der Waals surface area contributed by atoms with Crippen LogP contribution in [0.1, 0.15) is 33.6 Å². The number of nitrogens with one attached hydrogen (secondary N) is 1. The van der Waals surface area contributed by atoms with Crippen molar-refractivity contribution in [1.82, 2.24) is 9.80 Å². The molecule has 2 aromatic carbocycles. The second kappa shape index (κ2) is 8.03. The second-order valence-corrected chi connectivity index (χ2v) is 7.44. The van der Waals surface area contributed by atoms with Crippen molar-refractivity contribution in [2.75, 3.05) is 31.5 Å². The molecule has 1 saturated carbocycles. The van der Waals surface area contributed by atoms with E-state index in [1.807, 2.05) is 0 Å². The third kappa shape index (κ3) is 4.45. The van der Waals surface area contributed by atoms with Crippen molar-refractivity contribution in [2.24, 2.45) is 5.92 Å². The summed E-state index contributed by atoms with van der Waals surface area (Å²) in [6.45, 7) is 1.63. The molecule has 1 saturated heterocycles. The van der Waals surface area contributed by atoms with Gasteiger partial charge < -0.3 is 15.1 Å². The highest BCUT2D eigenvalue weighted by Gasteiger charge is 2.29. The maximum atomic E-state index is 13.3. The van der Waals surface area contributed by atoms with Crippen molar-refractivity contribution in [1.29, 1.82) is 0 Å². The molecule has 4 rings (SSSR count). The van der Waals surface area contributed by atoms with Crippen LogP contribution in [0.25, 0.3) is 0 Å². The molecule has 0 radical (unpaired) electrons. The van der Waals surface area contributed by atoms with Gasteiger partial charge in [0.15, 0.2) is 0 Å². The van der Waals surface area contributed by atoms with Crippen LogP contribution in [0.3, 0.4) is 0 Å². The Labute approximate surface area is 168 Å². The molecule has 1 heterocycles. The zero-order valence-electron chi connectivity index (χ0n) is 15.9. The fourth-order valence-electron chi connectivity index (χ4n) is 3.39. The summed E-state index contributed by atoms with van der Waals surface area (Å²) in [5, 5.41) is 2.85. The lowest BCUT2D eigenvalue weighted by molar-refractivity contribution is -0.117. The summed E-state index contributed by atoms with van der Waals surface area (Å²) in [6, 6.07) is 12.5. The lowest BCUT2D eigenvalue weighted by Gasteiger charge is -2.35. The Morgan fingerprint density at radius 2 is 1.41 bits per heavy atom. The monoisotopic (exact) mass is 395 g/mol. The molecule has 1 aliphatic carbocycles. The molecule has 1 N–H and O–H groups in total. The number of carbonyl (C=O) groups is 3. The first-order chi connectivity index (χ1) is 14.0. The first-order valence-corrected chi connectivity index (χ1v) is 9.76. The summed E-state index contributed by atoms with van der Waals surface area (Å²) < 4.78 is 13.3. The van der Waals surface area contributed by atoms with E-state index in [2.05, 4.69) is 5.32 Å². The molecule has 29 heavy (non-hydrogen) atoms. The van der Waals surface area contributed by atoms with Gasteiger partial charge in [-0.3, -0.25) is 14.4 Å². The number of carbonyl (C=O) groups excluding carboxylic acids is 3. The predicted molar refractivity (Wildman–Crippen MR) is 106 cm³/mol. The number of halogens is 1. The minimum atomic E-state index is -0.443. The predicted octanol–water partition coefficient (Wildman–Crippen LogP) is 2.77. The number of amides is 3. The number of nitrogens with zero attached hydrogens (tertiary/aromatic N) is 2. The van der Waals surface area contributed by atoms with Gasteiger partial charge in [0.05, 0.1) is 0 Å². The summed E-state index contributed by atoms with van der Waals surface area (Å²) in [6.07, 6.45) is 1.88. The Morgan fingerprint density at radius 1 is 0.828 bits per heavy atom. The van der Waals surface area contributed by atoms with E-state index in [1.54, 1.807) is 40.1 Å². The van der Waals surface area contributed by atoms with Gasteiger partial charge in [-0.2, -0.15) is 0 Å². The molecule has 3 amide bonds. The molecule has 2 fully saturated rings. The van der Waals surface area contributed by atoms with Crippen molar-refractivity contribution in [2.45, 2.75) is 12.8 Å². The van der Waals surface area contributed by atoms with E-state index >= 15 is 0 Å². The van der Waals surface area contributed by atoms with Crippen molar-refractivity contribution in [3.63, 3.8) is 0 Å². The lowest BCUT2D eigenvalue weighted by atomic mass is 10.1. The van der Waals surface area contributed by atoms with Gasteiger partial charge in [-0.05, 0) is 55.3 Å². The smallest absolute Gasteiger partial charge is 0.254 e. The summed E-state index contributed by atoms with van der Waals surface area (Å²) >= 11 is 0. The molecule has 0 spiro atoms. The van der Waals surface area contributed by atoms with Gasteiger partial charge in [0.2, 0.25) is 5.91 Å².